The van der Waals surface area contributed by atoms with E-state index in [0.717, 1.165) is 12.1 Å². The van der Waals surface area contributed by atoms with Crippen molar-refractivity contribution in [1.29, 1.82) is 0 Å². The molecule has 1 saturated carbocycles. The Morgan fingerprint density at radius 3 is 2.12 bits per heavy atom. The van der Waals surface area contributed by atoms with Crippen LogP contribution < -0.4 is 5.43 Å². The van der Waals surface area contributed by atoms with Crippen molar-refractivity contribution < 1.29 is 65.0 Å². The Morgan fingerprint density at radius 2 is 1.46 bits per heavy atom. The summed E-state index contributed by atoms with van der Waals surface area (Å²) < 4.78 is 16.9. The van der Waals surface area contributed by atoms with Crippen molar-refractivity contribution in [2.75, 3.05) is 6.61 Å². The Kier molecular flexibility index (Phi) is 7.95. The standard InChI is InChI=1S/C27H30O14/c28-8-17-22(35)24(37)25(38)27(41-17)40-16-5-11(20(33)23(36)21(16)34)18-12(30)6-13(31)19-14(32)7-15(39-26(18)19)9-1-3-10(29)4-2-9/h1-4,6-7,11,16-17,20-25,27-31,33-38H,5,8H2/t11-,16+,17-,20-,21+,22-,23-,24-,25-,27-/m0/s1. The Bertz CT molecular complexity index is 1450. The van der Waals surface area contributed by atoms with E-state index in [9.17, 15) is 55.9 Å². The van der Waals surface area contributed by atoms with E-state index in [1.807, 2.05) is 0 Å². The van der Waals surface area contributed by atoms with E-state index in [1.54, 1.807) is 0 Å². The average molecular weight is 579 g/mol. The Balaban J connectivity index is 1.56. The van der Waals surface area contributed by atoms with Crippen LogP contribution in [0, 0.1) is 0 Å². The van der Waals surface area contributed by atoms with Crippen LogP contribution >= 0.6 is 0 Å². The van der Waals surface area contributed by atoms with Gasteiger partial charge in [-0.15, -0.1) is 0 Å². The first-order chi connectivity index (χ1) is 19.4. The van der Waals surface area contributed by atoms with Crippen LogP contribution in [0.2, 0.25) is 0 Å². The zero-order valence-corrected chi connectivity index (χ0v) is 21.3. The van der Waals surface area contributed by atoms with Crippen LogP contribution in [0.1, 0.15) is 17.9 Å². The molecule has 1 aromatic heterocycles. The predicted octanol–water partition coefficient (Wildman–Crippen LogP) is -1.67. The fourth-order valence-corrected chi connectivity index (χ4v) is 5.41. The minimum absolute atomic E-state index is 0.00579. The summed E-state index contributed by atoms with van der Waals surface area (Å²) in [7, 11) is 0. The summed E-state index contributed by atoms with van der Waals surface area (Å²) in [6, 6.07) is 7.58. The maximum absolute atomic E-state index is 13.0. The summed E-state index contributed by atoms with van der Waals surface area (Å²) in [6.07, 6.45) is -15.5. The number of phenols is 3. The molecule has 14 heteroatoms. The highest BCUT2D eigenvalue weighted by atomic mass is 16.7. The molecule has 0 unspecified atom stereocenters. The van der Waals surface area contributed by atoms with Gasteiger partial charge >= 0.3 is 0 Å². The van der Waals surface area contributed by atoms with Crippen LogP contribution in [0.25, 0.3) is 22.3 Å². The third-order valence-electron chi connectivity index (χ3n) is 7.66. The molecular formula is C27H30O14. The Labute approximate surface area is 231 Å². The number of phenolic OH excluding ortho intramolecular Hbond substituents is 3. The van der Waals surface area contributed by atoms with E-state index in [4.69, 9.17) is 13.9 Å². The van der Waals surface area contributed by atoms with Crippen LogP contribution in [0.3, 0.4) is 0 Å². The molecule has 1 aliphatic heterocycles. The lowest BCUT2D eigenvalue weighted by Gasteiger charge is -2.45. The van der Waals surface area contributed by atoms with Gasteiger partial charge in [-0.2, -0.15) is 0 Å². The van der Waals surface area contributed by atoms with Crippen molar-refractivity contribution in [2.45, 2.75) is 67.5 Å². The minimum atomic E-state index is -1.89. The van der Waals surface area contributed by atoms with Crippen molar-refractivity contribution in [3.63, 3.8) is 0 Å². The van der Waals surface area contributed by atoms with E-state index in [2.05, 4.69) is 0 Å². The molecule has 3 aromatic rings. The van der Waals surface area contributed by atoms with Crippen molar-refractivity contribution in [1.82, 2.24) is 0 Å². The van der Waals surface area contributed by atoms with Gasteiger partial charge in [0.25, 0.3) is 0 Å². The van der Waals surface area contributed by atoms with Gasteiger partial charge in [0.2, 0.25) is 0 Å². The maximum Gasteiger partial charge on any atom is 0.197 e. The third-order valence-corrected chi connectivity index (χ3v) is 7.66. The summed E-state index contributed by atoms with van der Waals surface area (Å²) >= 11 is 0. The summed E-state index contributed by atoms with van der Waals surface area (Å²) in [5.41, 5.74) is -0.860. The first kappa shape index (κ1) is 29.2. The van der Waals surface area contributed by atoms with Gasteiger partial charge in [0.05, 0.1) is 18.8 Å². The second-order valence-electron chi connectivity index (χ2n) is 10.2. The minimum Gasteiger partial charge on any atom is -0.508 e. The first-order valence-electron chi connectivity index (χ1n) is 12.7. The molecule has 2 aromatic carbocycles. The van der Waals surface area contributed by atoms with E-state index in [1.165, 1.54) is 24.3 Å². The van der Waals surface area contributed by atoms with Crippen molar-refractivity contribution >= 4 is 11.0 Å². The molecule has 2 fully saturated rings. The Morgan fingerprint density at radius 1 is 0.805 bits per heavy atom. The van der Waals surface area contributed by atoms with E-state index in [0.29, 0.717) is 5.56 Å². The largest absolute Gasteiger partial charge is 0.508 e. The van der Waals surface area contributed by atoms with Gasteiger partial charge in [0.1, 0.15) is 70.6 Å². The predicted molar refractivity (Wildman–Crippen MR) is 137 cm³/mol. The molecule has 41 heavy (non-hydrogen) atoms. The van der Waals surface area contributed by atoms with Gasteiger partial charge in [0.15, 0.2) is 11.7 Å². The smallest absolute Gasteiger partial charge is 0.197 e. The normalized spacial score (nSPS) is 34.1. The fraction of sp³-hybridized carbons (Fsp3) is 0.444. The highest BCUT2D eigenvalue weighted by Gasteiger charge is 2.50. The van der Waals surface area contributed by atoms with E-state index in [-0.39, 0.29) is 34.5 Å². The van der Waals surface area contributed by atoms with Gasteiger partial charge < -0.3 is 65.0 Å². The lowest BCUT2D eigenvalue weighted by molar-refractivity contribution is -0.324. The molecule has 2 heterocycles. The summed E-state index contributed by atoms with van der Waals surface area (Å²) in [5, 5.41) is 103. The van der Waals surface area contributed by atoms with Crippen LogP contribution in [0.4, 0.5) is 0 Å². The second kappa shape index (κ2) is 11.2. The van der Waals surface area contributed by atoms with Crippen molar-refractivity contribution in [3.05, 3.63) is 52.2 Å². The van der Waals surface area contributed by atoms with Gasteiger partial charge in [-0.1, -0.05) is 0 Å². The first-order valence-corrected chi connectivity index (χ1v) is 12.7. The highest BCUT2D eigenvalue weighted by Crippen LogP contribution is 2.45. The molecule has 10 N–H and O–H groups in total. The molecule has 1 saturated heterocycles. The quantitative estimate of drug-likeness (QED) is 0.163. The molecule has 0 bridgehead atoms. The van der Waals surface area contributed by atoms with Crippen LogP contribution in [0.15, 0.2) is 45.6 Å². The highest BCUT2D eigenvalue weighted by molar-refractivity contribution is 5.89. The van der Waals surface area contributed by atoms with Crippen LogP contribution in [-0.4, -0.2) is 113 Å². The topological polar surface area (TPSA) is 251 Å². The maximum atomic E-state index is 13.0. The molecule has 0 radical (unpaired) electrons. The SMILES string of the molecule is O=c1cc(-c2ccc(O)cc2)oc2c([C@@H]3C[C@@H](O[C@H]4O[C@@H](CO)[C@H](O)[C@H](O)[C@@H]4O)[C@@H](O)[C@@H](O)[C@H]3O)c(O)cc(O)c12. The zero-order valence-electron chi connectivity index (χ0n) is 21.3. The molecule has 2 aliphatic rings. The lowest BCUT2D eigenvalue weighted by atomic mass is 9.76. The zero-order chi connectivity index (χ0) is 29.7. The number of ether oxygens (including phenoxy) is 2. The fourth-order valence-electron chi connectivity index (χ4n) is 5.41. The van der Waals surface area contributed by atoms with Gasteiger partial charge in [0, 0.05) is 29.2 Å². The molecule has 1 aliphatic carbocycles. The summed E-state index contributed by atoms with van der Waals surface area (Å²) in [4.78, 5) is 13.0. The summed E-state index contributed by atoms with van der Waals surface area (Å²) in [6.45, 7) is -0.738. The molecule has 222 valence electrons. The van der Waals surface area contributed by atoms with Gasteiger partial charge in [-0.3, -0.25) is 4.79 Å². The van der Waals surface area contributed by atoms with Gasteiger partial charge in [-0.25, -0.2) is 0 Å². The van der Waals surface area contributed by atoms with E-state index >= 15 is 0 Å². The number of aliphatic hydroxyl groups is 7. The monoisotopic (exact) mass is 578 g/mol. The Hall–Kier alpha value is -3.31. The molecule has 5 rings (SSSR count). The molecular weight excluding hydrogens is 548 g/mol. The van der Waals surface area contributed by atoms with Crippen LogP contribution in [0.5, 0.6) is 17.2 Å². The van der Waals surface area contributed by atoms with Crippen molar-refractivity contribution in [3.8, 4) is 28.6 Å². The number of rotatable bonds is 5. The molecule has 10 atom stereocenters. The molecule has 0 amide bonds. The van der Waals surface area contributed by atoms with E-state index < -0.39 is 84.6 Å². The van der Waals surface area contributed by atoms with Crippen LogP contribution in [-0.2, 0) is 9.47 Å². The summed E-state index contributed by atoms with van der Waals surface area (Å²) in [5.74, 6) is -2.57. The average Bonchev–Trinajstić information content (AvgIpc) is 2.94. The number of benzene rings is 2. The number of aromatic hydroxyl groups is 3. The van der Waals surface area contributed by atoms with Crippen molar-refractivity contribution in [2.24, 2.45) is 0 Å². The lowest BCUT2D eigenvalue weighted by Crippen LogP contribution is -2.61. The second-order valence-corrected chi connectivity index (χ2v) is 10.2. The molecule has 14 nitrogen and oxygen atoms in total. The van der Waals surface area contributed by atoms with Gasteiger partial charge in [-0.05, 0) is 30.7 Å². The number of hydrogen-bond acceptors (Lipinski definition) is 14. The number of aliphatic hydroxyl groups excluding tert-OH is 7. The third kappa shape index (κ3) is 5.14. The number of fused-ring (bicyclic) bond motifs is 1. The molecule has 0 spiro atoms. The number of hydrogen-bond donors (Lipinski definition) is 10.